The van der Waals surface area contributed by atoms with Gasteiger partial charge in [0.2, 0.25) is 10.8 Å². The van der Waals surface area contributed by atoms with E-state index in [0.717, 1.165) is 12.3 Å². The van der Waals surface area contributed by atoms with Crippen molar-refractivity contribution in [3.63, 3.8) is 0 Å². The molecule has 2 rings (SSSR count). The van der Waals surface area contributed by atoms with Crippen LogP contribution in [0.4, 0.5) is 0 Å². The van der Waals surface area contributed by atoms with Crippen molar-refractivity contribution in [1.82, 2.24) is 5.43 Å². The van der Waals surface area contributed by atoms with E-state index in [1.54, 1.807) is 0 Å². The predicted octanol–water partition coefficient (Wildman–Crippen LogP) is -2.02. The topological polar surface area (TPSA) is 139 Å². The number of ether oxygens (including phenoxy) is 3. The Balaban J connectivity index is 0.00000364. The Morgan fingerprint density at radius 2 is 1.74 bits per heavy atom. The van der Waals surface area contributed by atoms with Crippen LogP contribution in [-0.2, 0) is 10.1 Å². The van der Waals surface area contributed by atoms with Crippen molar-refractivity contribution >= 4 is 22.2 Å². The van der Waals surface area contributed by atoms with Crippen molar-refractivity contribution in [3.05, 3.63) is 35.6 Å². The summed E-state index contributed by atoms with van der Waals surface area (Å²) in [6, 6.07) is 5.08. The maximum Gasteiger partial charge on any atom is 1.00 e. The number of hydrazone groups is 1. The smallest absolute Gasteiger partial charge is 0.742 e. The van der Waals surface area contributed by atoms with Gasteiger partial charge in [-0.25, -0.2) is 13.8 Å². The van der Waals surface area contributed by atoms with Gasteiger partial charge >= 0.3 is 29.6 Å². The van der Waals surface area contributed by atoms with Crippen molar-refractivity contribution in [2.24, 2.45) is 5.10 Å². The maximum absolute atomic E-state index is 12.2. The number of nitrogens with zero attached hydrogens (tertiary/aromatic N) is 1. The van der Waals surface area contributed by atoms with Crippen LogP contribution in [0.5, 0.6) is 17.2 Å². The molecule has 1 amide bonds. The van der Waals surface area contributed by atoms with E-state index in [1.807, 2.05) is 0 Å². The van der Waals surface area contributed by atoms with E-state index < -0.39 is 21.1 Å². The van der Waals surface area contributed by atoms with Crippen molar-refractivity contribution in [2.75, 3.05) is 21.3 Å². The molecule has 0 saturated heterocycles. The monoisotopic (exact) mass is 406 g/mol. The second kappa shape index (κ2) is 9.76. The minimum Gasteiger partial charge on any atom is -0.742 e. The van der Waals surface area contributed by atoms with Crippen LogP contribution < -0.4 is 49.2 Å². The third-order valence-corrected chi connectivity index (χ3v) is 3.85. The summed E-state index contributed by atoms with van der Waals surface area (Å²) in [6.07, 6.45) is 1.05. The second-order valence-corrected chi connectivity index (χ2v) is 6.03. The Bertz CT molecular complexity index is 914. The first-order chi connectivity index (χ1) is 12.3. The quantitative estimate of drug-likeness (QED) is 0.241. The molecule has 0 spiro atoms. The number of benzene rings is 1. The number of methoxy groups -OCH3 is 3. The zero-order chi connectivity index (χ0) is 19.3. The molecular formula is C15H15N2NaO8S. The summed E-state index contributed by atoms with van der Waals surface area (Å²) >= 11 is 0. The summed E-state index contributed by atoms with van der Waals surface area (Å²) in [5.41, 5.74) is 2.41. The number of rotatable bonds is 7. The van der Waals surface area contributed by atoms with Crippen LogP contribution in [0.3, 0.4) is 0 Å². The van der Waals surface area contributed by atoms with Crippen molar-refractivity contribution < 1.29 is 66.0 Å². The summed E-state index contributed by atoms with van der Waals surface area (Å²) in [7, 11) is -0.434. The largest absolute Gasteiger partial charge is 1.00 e. The molecule has 140 valence electrons. The number of hydrogen-bond acceptors (Lipinski definition) is 9. The summed E-state index contributed by atoms with van der Waals surface area (Å²) in [6.45, 7) is 0. The molecule has 1 heterocycles. The van der Waals surface area contributed by atoms with Gasteiger partial charge in [-0.2, -0.15) is 5.10 Å². The zero-order valence-corrected chi connectivity index (χ0v) is 17.8. The molecule has 2 aromatic rings. The van der Waals surface area contributed by atoms with Gasteiger partial charge in [-0.3, -0.25) is 4.79 Å². The van der Waals surface area contributed by atoms with E-state index in [4.69, 9.17) is 18.6 Å². The van der Waals surface area contributed by atoms with Crippen molar-refractivity contribution in [3.8, 4) is 17.2 Å². The van der Waals surface area contributed by atoms with Gasteiger partial charge in [0, 0.05) is 5.56 Å². The normalized spacial score (nSPS) is 11.0. The first-order valence-electron chi connectivity index (χ1n) is 6.99. The number of carbonyl (C=O) groups is 1. The van der Waals surface area contributed by atoms with Crippen LogP contribution >= 0.6 is 0 Å². The molecule has 10 nitrogen and oxygen atoms in total. The molecule has 0 bridgehead atoms. The maximum atomic E-state index is 12.2. The number of furan rings is 1. The molecule has 1 N–H and O–H groups in total. The van der Waals surface area contributed by atoms with Crippen LogP contribution in [0.15, 0.2) is 38.9 Å². The van der Waals surface area contributed by atoms with Gasteiger partial charge in [0.25, 0.3) is 5.91 Å². The van der Waals surface area contributed by atoms with Gasteiger partial charge < -0.3 is 23.2 Å². The van der Waals surface area contributed by atoms with E-state index >= 15 is 0 Å². The van der Waals surface area contributed by atoms with Crippen LogP contribution in [0, 0.1) is 0 Å². The second-order valence-electron chi connectivity index (χ2n) is 4.72. The zero-order valence-electron chi connectivity index (χ0n) is 15.0. The molecule has 0 atom stereocenters. The molecule has 0 aliphatic heterocycles. The molecule has 0 radical (unpaired) electrons. The Kier molecular flexibility index (Phi) is 8.31. The number of amides is 1. The molecule has 27 heavy (non-hydrogen) atoms. The minimum absolute atomic E-state index is 0. The van der Waals surface area contributed by atoms with Crippen LogP contribution in [0.25, 0.3) is 0 Å². The fourth-order valence-corrected chi connectivity index (χ4v) is 2.40. The van der Waals surface area contributed by atoms with Gasteiger partial charge in [0.05, 0.1) is 27.5 Å². The van der Waals surface area contributed by atoms with Gasteiger partial charge in [0.1, 0.15) is 5.76 Å². The summed E-state index contributed by atoms with van der Waals surface area (Å²) in [4.78, 5) is 12.2. The SMILES string of the molecule is COc1cc(C(=O)N/N=C/c2ccc(S(=O)(=O)[O-])o2)cc(OC)c1OC.[Na+]. The molecule has 0 aliphatic carbocycles. The summed E-state index contributed by atoms with van der Waals surface area (Å²) in [5.74, 6) is 0.292. The third-order valence-electron chi connectivity index (χ3n) is 3.13. The van der Waals surface area contributed by atoms with E-state index in [1.165, 1.54) is 39.5 Å². The van der Waals surface area contributed by atoms with Crippen LogP contribution in [0.1, 0.15) is 16.1 Å². The van der Waals surface area contributed by atoms with Crippen LogP contribution in [-0.4, -0.2) is 46.4 Å². The minimum atomic E-state index is -4.69. The molecule has 0 aliphatic rings. The standard InChI is InChI=1S/C15H16N2O8S.Na/c1-22-11-6-9(7-12(23-2)14(11)24-3)15(18)17-16-8-10-4-5-13(25-10)26(19,20)21;/h4-8H,1-3H3,(H,17,18)(H,19,20,21);/q;+1/p-1/b16-8+;. The molecule has 1 aromatic carbocycles. The van der Waals surface area contributed by atoms with Gasteiger partial charge in [-0.05, 0) is 24.3 Å². The van der Waals surface area contributed by atoms with Gasteiger partial charge in [-0.15, -0.1) is 0 Å². The average Bonchev–Trinajstić information content (AvgIpc) is 3.09. The third kappa shape index (κ3) is 5.71. The van der Waals surface area contributed by atoms with E-state index in [0.29, 0.717) is 5.75 Å². The Hall–Kier alpha value is -2.05. The number of carbonyl (C=O) groups excluding carboxylic acids is 1. The summed E-state index contributed by atoms with van der Waals surface area (Å²) in [5, 5.41) is 2.90. The van der Waals surface area contributed by atoms with Crippen LogP contribution in [0.2, 0.25) is 0 Å². The fraction of sp³-hybridized carbons (Fsp3) is 0.200. The number of hydrogen-bond donors (Lipinski definition) is 1. The van der Waals surface area contributed by atoms with E-state index in [-0.39, 0.29) is 52.4 Å². The Morgan fingerprint density at radius 1 is 1.15 bits per heavy atom. The first-order valence-corrected chi connectivity index (χ1v) is 8.40. The first kappa shape index (κ1) is 23.0. The van der Waals surface area contributed by atoms with Crippen molar-refractivity contribution in [2.45, 2.75) is 5.09 Å². The molecule has 1 aromatic heterocycles. The van der Waals surface area contributed by atoms with E-state index in [2.05, 4.69) is 10.5 Å². The molecule has 0 fully saturated rings. The molecule has 0 saturated carbocycles. The Morgan fingerprint density at radius 3 is 2.19 bits per heavy atom. The average molecular weight is 406 g/mol. The molecular weight excluding hydrogens is 391 g/mol. The molecule has 12 heteroatoms. The van der Waals surface area contributed by atoms with E-state index in [9.17, 15) is 17.8 Å². The Labute approximate surface area is 177 Å². The fourth-order valence-electron chi connectivity index (χ4n) is 1.97. The molecule has 0 unspecified atom stereocenters. The number of nitrogens with one attached hydrogen (secondary N) is 1. The predicted molar refractivity (Wildman–Crippen MR) is 87.8 cm³/mol. The van der Waals surface area contributed by atoms with Gasteiger partial charge in [-0.1, -0.05) is 0 Å². The van der Waals surface area contributed by atoms with Gasteiger partial charge in [0.15, 0.2) is 21.6 Å². The van der Waals surface area contributed by atoms with Crippen molar-refractivity contribution in [1.29, 1.82) is 0 Å². The summed E-state index contributed by atoms with van der Waals surface area (Å²) < 4.78 is 52.6.